The van der Waals surface area contributed by atoms with Gasteiger partial charge in [0, 0.05) is 44.4 Å². The number of amidine groups is 1. The second-order valence-corrected chi connectivity index (χ2v) is 11.9. The number of piperazine rings is 1. The fourth-order valence-electron chi connectivity index (χ4n) is 4.76. The fraction of sp³-hybridized carbons (Fsp3) is 0.414. The van der Waals surface area contributed by atoms with Crippen LogP contribution < -0.4 is 26.0 Å². The number of nitrogen functional groups attached to an aromatic ring is 1. The van der Waals surface area contributed by atoms with Crippen molar-refractivity contribution in [3.8, 4) is 0 Å². The highest BCUT2D eigenvalue weighted by Gasteiger charge is 2.31. The summed E-state index contributed by atoms with van der Waals surface area (Å²) in [7, 11) is -4.14. The average molecular weight is 646 g/mol. The quantitative estimate of drug-likeness (QED) is 0.109. The largest absolute Gasteiger partial charge is 0.481 e. The molecular weight excluding hydrogens is 606 g/mol. The minimum absolute atomic E-state index is 0.0229. The maximum atomic E-state index is 13.3. The molecule has 2 aliphatic heterocycles. The number of ether oxygens (including phenoxy) is 1. The molecule has 15 nitrogen and oxygen atoms in total. The molecule has 2 aromatic rings. The average Bonchev–Trinajstić information content (AvgIpc) is 2.99. The van der Waals surface area contributed by atoms with Crippen LogP contribution in [-0.4, -0.2) is 99.9 Å². The number of nitrogens with zero attached hydrogens (tertiary/aromatic N) is 2. The van der Waals surface area contributed by atoms with Crippen molar-refractivity contribution in [3.63, 3.8) is 0 Å². The number of carboxylic acids is 1. The molecule has 0 radical (unpaired) electrons. The van der Waals surface area contributed by atoms with E-state index in [9.17, 15) is 22.8 Å². The number of fused-ring (bicyclic) bond motifs is 1. The Bertz CT molecular complexity index is 1510. The second-order valence-electron chi connectivity index (χ2n) is 10.3. The van der Waals surface area contributed by atoms with Gasteiger partial charge in [-0.15, -0.1) is 0 Å². The number of anilines is 2. The van der Waals surface area contributed by atoms with E-state index < -0.39 is 33.9 Å². The Morgan fingerprint density at radius 3 is 2.47 bits per heavy atom. The van der Waals surface area contributed by atoms with Gasteiger partial charge in [0.2, 0.25) is 21.8 Å². The number of para-hydroxylation sites is 1. The van der Waals surface area contributed by atoms with E-state index in [-0.39, 0.29) is 42.9 Å². The molecular formula is C29H39N7O8S. The molecule has 7 N–H and O–H groups in total. The van der Waals surface area contributed by atoms with Crippen LogP contribution in [0.2, 0.25) is 0 Å². The summed E-state index contributed by atoms with van der Waals surface area (Å²) in [6, 6.07) is 10.6. The second kappa shape index (κ2) is 15.9. The van der Waals surface area contributed by atoms with Crippen LogP contribution in [-0.2, 0) is 40.4 Å². The van der Waals surface area contributed by atoms with Crippen molar-refractivity contribution in [1.82, 2.24) is 14.9 Å². The van der Waals surface area contributed by atoms with E-state index in [4.69, 9.17) is 25.8 Å². The Hall–Kier alpha value is -4.70. The molecule has 0 saturated carbocycles. The van der Waals surface area contributed by atoms with Gasteiger partial charge in [-0.25, -0.2) is 8.42 Å². The van der Waals surface area contributed by atoms with Gasteiger partial charge in [0.25, 0.3) is 5.97 Å². The van der Waals surface area contributed by atoms with Gasteiger partial charge in [-0.2, -0.15) is 4.72 Å². The number of esters is 1. The number of nitrogens with one attached hydrogen (secondary N) is 4. The van der Waals surface area contributed by atoms with E-state index in [0.717, 1.165) is 31.0 Å². The fourth-order valence-corrected chi connectivity index (χ4v) is 6.17. The zero-order valence-corrected chi connectivity index (χ0v) is 26.0. The summed E-state index contributed by atoms with van der Waals surface area (Å²) in [5.74, 6) is -2.50. The van der Waals surface area contributed by atoms with Crippen molar-refractivity contribution in [1.29, 1.82) is 5.41 Å². The monoisotopic (exact) mass is 645 g/mol. The molecule has 2 amide bonds. The Labute approximate surface area is 261 Å². The first kappa shape index (κ1) is 34.8. The van der Waals surface area contributed by atoms with Crippen LogP contribution in [0.25, 0.3) is 0 Å². The summed E-state index contributed by atoms with van der Waals surface area (Å²) in [6.07, 6.45) is 1.62. The van der Waals surface area contributed by atoms with Gasteiger partial charge in [0.05, 0.1) is 25.4 Å². The Morgan fingerprint density at radius 2 is 1.84 bits per heavy atom. The Kier molecular flexibility index (Phi) is 12.3. The van der Waals surface area contributed by atoms with Crippen molar-refractivity contribution in [3.05, 3.63) is 53.6 Å². The van der Waals surface area contributed by atoms with Crippen molar-refractivity contribution in [2.24, 2.45) is 5.73 Å². The van der Waals surface area contributed by atoms with E-state index in [1.807, 2.05) is 11.0 Å². The van der Waals surface area contributed by atoms with Crippen molar-refractivity contribution < 1.29 is 37.4 Å². The van der Waals surface area contributed by atoms with Gasteiger partial charge in [0.1, 0.15) is 16.8 Å². The number of sulfonamides is 1. The molecule has 45 heavy (non-hydrogen) atoms. The SMILES string of the molecule is CC(=O)O.CCOC(=O)[C@H](CNC(=O)CN1CCN(c2ccc(C(=N)N)cc2)CC1=O)NS(=O)(=O)c1cccc2c1NCCC2. The third kappa shape index (κ3) is 9.90. The topological polar surface area (TPSA) is 224 Å². The molecule has 0 unspecified atom stereocenters. The van der Waals surface area contributed by atoms with Crippen LogP contribution >= 0.6 is 0 Å². The van der Waals surface area contributed by atoms with Gasteiger partial charge in [0.15, 0.2) is 0 Å². The third-order valence-electron chi connectivity index (χ3n) is 6.90. The summed E-state index contributed by atoms with van der Waals surface area (Å²) in [5, 5.41) is 20.6. The lowest BCUT2D eigenvalue weighted by molar-refractivity contribution is -0.145. The van der Waals surface area contributed by atoms with Gasteiger partial charge in [-0.1, -0.05) is 12.1 Å². The maximum absolute atomic E-state index is 13.3. The van der Waals surface area contributed by atoms with Crippen molar-refractivity contribution in [2.75, 3.05) is 56.1 Å². The number of nitrogens with two attached hydrogens (primary N) is 1. The standard InChI is InChI=1S/C27H35N7O6S.C2H4O2/c1-2-40-27(37)21(32-41(38,39)22-7-3-5-18-6-4-12-30-25(18)22)15-31-23(35)16-34-14-13-33(17-24(34)36)20-10-8-19(9-11-20)26(28)29;1-2(3)4/h3,5,7-11,21,30,32H,2,4,6,12-17H2,1H3,(H3,28,29)(H,31,35);1H3,(H,3,4)/t21-;/m0./s1. The van der Waals surface area contributed by atoms with E-state index in [1.165, 1.54) is 11.0 Å². The molecule has 0 bridgehead atoms. The highest BCUT2D eigenvalue weighted by molar-refractivity contribution is 7.89. The number of carboxylic acid groups (broad SMARTS) is 1. The van der Waals surface area contributed by atoms with E-state index in [0.29, 0.717) is 30.9 Å². The minimum Gasteiger partial charge on any atom is -0.481 e. The summed E-state index contributed by atoms with van der Waals surface area (Å²) >= 11 is 0. The number of aliphatic carboxylic acids is 1. The van der Waals surface area contributed by atoms with Crippen LogP contribution in [0.15, 0.2) is 47.4 Å². The smallest absolute Gasteiger partial charge is 0.326 e. The van der Waals surface area contributed by atoms with Crippen LogP contribution in [0.5, 0.6) is 0 Å². The van der Waals surface area contributed by atoms with Crippen LogP contribution in [0, 0.1) is 5.41 Å². The highest BCUT2D eigenvalue weighted by atomic mass is 32.2. The molecule has 1 saturated heterocycles. The molecule has 1 fully saturated rings. The number of hydrogen-bond acceptors (Lipinski definition) is 10. The zero-order chi connectivity index (χ0) is 33.1. The normalized spacial score (nSPS) is 15.0. The summed E-state index contributed by atoms with van der Waals surface area (Å²) in [5.41, 5.74) is 8.25. The number of carbonyl (C=O) groups excluding carboxylic acids is 3. The van der Waals surface area contributed by atoms with E-state index in [2.05, 4.69) is 15.4 Å². The van der Waals surface area contributed by atoms with Gasteiger partial charge < -0.3 is 36.0 Å². The first-order valence-corrected chi connectivity index (χ1v) is 15.8. The maximum Gasteiger partial charge on any atom is 0.326 e. The van der Waals surface area contributed by atoms with Gasteiger partial charge >= 0.3 is 5.97 Å². The first-order chi connectivity index (χ1) is 21.3. The van der Waals surface area contributed by atoms with Crippen LogP contribution in [0.3, 0.4) is 0 Å². The van der Waals surface area contributed by atoms with Crippen LogP contribution in [0.4, 0.5) is 11.4 Å². The van der Waals surface area contributed by atoms with Gasteiger partial charge in [-0.05, 0) is 55.7 Å². The lowest BCUT2D eigenvalue weighted by atomic mass is 10.0. The lowest BCUT2D eigenvalue weighted by Gasteiger charge is -2.35. The number of aryl methyl sites for hydroxylation is 1. The first-order valence-electron chi connectivity index (χ1n) is 14.3. The number of rotatable bonds is 11. The number of carbonyl (C=O) groups is 4. The van der Waals surface area contributed by atoms with Gasteiger partial charge in [-0.3, -0.25) is 24.6 Å². The predicted octanol–water partition coefficient (Wildman–Crippen LogP) is 0.0947. The third-order valence-corrected chi connectivity index (χ3v) is 8.41. The van der Waals surface area contributed by atoms with E-state index in [1.54, 1.807) is 37.3 Å². The van der Waals surface area contributed by atoms with Crippen LogP contribution in [0.1, 0.15) is 31.4 Å². The molecule has 0 aromatic heterocycles. The lowest BCUT2D eigenvalue weighted by Crippen LogP contribution is -2.54. The molecule has 0 spiro atoms. The molecule has 2 aromatic carbocycles. The Morgan fingerprint density at radius 1 is 1.16 bits per heavy atom. The van der Waals surface area contributed by atoms with Crippen molar-refractivity contribution >= 4 is 51.0 Å². The molecule has 0 aliphatic carbocycles. The molecule has 4 rings (SSSR count). The molecule has 244 valence electrons. The highest BCUT2D eigenvalue weighted by Crippen LogP contribution is 2.29. The van der Waals surface area contributed by atoms with E-state index >= 15 is 0 Å². The zero-order valence-electron chi connectivity index (χ0n) is 25.2. The molecule has 16 heteroatoms. The molecule has 2 aliphatic rings. The van der Waals surface area contributed by atoms with Crippen molar-refractivity contribution in [2.45, 2.75) is 37.6 Å². The predicted molar refractivity (Wildman–Crippen MR) is 167 cm³/mol. The summed E-state index contributed by atoms with van der Waals surface area (Å²) in [4.78, 5) is 50.4. The number of hydrogen-bond donors (Lipinski definition) is 6. The summed E-state index contributed by atoms with van der Waals surface area (Å²) in [6.45, 7) is 3.60. The number of benzene rings is 2. The summed E-state index contributed by atoms with van der Waals surface area (Å²) < 4.78 is 34.0. The molecule has 1 atom stereocenters. The Balaban J connectivity index is 0.00000130. The minimum atomic E-state index is -4.14. The molecule has 2 heterocycles. The number of amides is 2.